The van der Waals surface area contributed by atoms with E-state index in [2.05, 4.69) is 0 Å². The molecule has 0 amide bonds. The summed E-state index contributed by atoms with van der Waals surface area (Å²) in [7, 11) is 0. The first-order valence-electron chi connectivity index (χ1n) is 5.68. The maximum Gasteiger partial charge on any atom is 0.269 e. The molecule has 0 bridgehead atoms. The molecule has 2 aromatic rings. The van der Waals surface area contributed by atoms with Crippen LogP contribution in [0.3, 0.4) is 0 Å². The SMILES string of the molecule is Nc1ccc([N+](=O)[O-])cc1COc1c(Cl)cc(Cl)cc1Cl. The van der Waals surface area contributed by atoms with E-state index in [1.54, 1.807) is 0 Å². The fraction of sp³-hybridized carbons (Fsp3) is 0.0769. The van der Waals surface area contributed by atoms with E-state index >= 15 is 0 Å². The number of hydrogen-bond donors (Lipinski definition) is 1. The molecule has 0 saturated heterocycles. The van der Waals surface area contributed by atoms with Crippen LogP contribution in [0.15, 0.2) is 30.3 Å². The van der Waals surface area contributed by atoms with E-state index in [0.717, 1.165) is 0 Å². The van der Waals surface area contributed by atoms with Gasteiger partial charge in [-0.2, -0.15) is 0 Å². The summed E-state index contributed by atoms with van der Waals surface area (Å²) in [5, 5.41) is 11.6. The Hall–Kier alpha value is -1.69. The molecule has 0 heterocycles. The van der Waals surface area contributed by atoms with E-state index in [1.165, 1.54) is 30.3 Å². The zero-order valence-electron chi connectivity index (χ0n) is 10.5. The predicted octanol–water partition coefficient (Wildman–Crippen LogP) is 4.72. The first-order valence-corrected chi connectivity index (χ1v) is 6.82. The second-order valence-electron chi connectivity index (χ2n) is 4.13. The van der Waals surface area contributed by atoms with Gasteiger partial charge in [0, 0.05) is 28.4 Å². The monoisotopic (exact) mass is 346 g/mol. The first kappa shape index (κ1) is 15.7. The van der Waals surface area contributed by atoms with Crippen molar-refractivity contribution in [2.45, 2.75) is 6.61 Å². The van der Waals surface area contributed by atoms with Crippen LogP contribution in [-0.2, 0) is 6.61 Å². The third kappa shape index (κ3) is 3.69. The van der Waals surface area contributed by atoms with Crippen LogP contribution in [-0.4, -0.2) is 4.92 Å². The highest BCUT2D eigenvalue weighted by molar-refractivity contribution is 6.40. The second-order valence-corrected chi connectivity index (χ2v) is 5.38. The first-order chi connectivity index (χ1) is 9.88. The Bertz CT molecular complexity index is 684. The van der Waals surface area contributed by atoms with E-state index < -0.39 is 4.92 Å². The van der Waals surface area contributed by atoms with Crippen molar-refractivity contribution < 1.29 is 9.66 Å². The molecule has 0 spiro atoms. The van der Waals surface area contributed by atoms with Gasteiger partial charge in [-0.15, -0.1) is 0 Å². The maximum absolute atomic E-state index is 10.8. The van der Waals surface area contributed by atoms with E-state index in [9.17, 15) is 10.1 Å². The molecule has 8 heteroatoms. The number of nitrogens with zero attached hydrogens (tertiary/aromatic N) is 1. The minimum absolute atomic E-state index is 0.00537. The van der Waals surface area contributed by atoms with Crippen molar-refractivity contribution in [1.29, 1.82) is 0 Å². The Morgan fingerprint density at radius 1 is 1.14 bits per heavy atom. The fourth-order valence-electron chi connectivity index (χ4n) is 1.65. The van der Waals surface area contributed by atoms with Crippen LogP contribution in [0.1, 0.15) is 5.56 Å². The second kappa shape index (κ2) is 6.39. The summed E-state index contributed by atoms with van der Waals surface area (Å²) in [6.45, 7) is -0.00537. The smallest absolute Gasteiger partial charge is 0.269 e. The number of halogens is 3. The molecule has 2 rings (SSSR count). The van der Waals surface area contributed by atoms with Gasteiger partial charge in [0.2, 0.25) is 0 Å². The zero-order valence-corrected chi connectivity index (χ0v) is 12.7. The highest BCUT2D eigenvalue weighted by atomic mass is 35.5. The number of hydrogen-bond acceptors (Lipinski definition) is 4. The standard InChI is InChI=1S/C13H9Cl3N2O3/c14-8-4-10(15)13(11(16)5-8)21-6-7-3-9(18(19)20)1-2-12(7)17/h1-5H,6,17H2. The van der Waals surface area contributed by atoms with Crippen LogP contribution in [0.4, 0.5) is 11.4 Å². The third-order valence-electron chi connectivity index (χ3n) is 2.67. The minimum atomic E-state index is -0.509. The largest absolute Gasteiger partial charge is 0.486 e. The van der Waals surface area contributed by atoms with Gasteiger partial charge in [0.05, 0.1) is 15.0 Å². The number of non-ortho nitro benzene ring substituents is 1. The summed E-state index contributed by atoms with van der Waals surface area (Å²) in [6.07, 6.45) is 0. The van der Waals surface area contributed by atoms with Gasteiger partial charge in [-0.25, -0.2) is 0 Å². The van der Waals surface area contributed by atoms with Gasteiger partial charge in [0.1, 0.15) is 6.61 Å². The van der Waals surface area contributed by atoms with Crippen LogP contribution < -0.4 is 10.5 Å². The molecule has 110 valence electrons. The Kier molecular flexibility index (Phi) is 4.77. The summed E-state index contributed by atoms with van der Waals surface area (Å²) < 4.78 is 5.50. The lowest BCUT2D eigenvalue weighted by Crippen LogP contribution is -2.02. The van der Waals surface area contributed by atoms with Crippen molar-refractivity contribution in [3.8, 4) is 5.75 Å². The van der Waals surface area contributed by atoms with Gasteiger partial charge in [0.25, 0.3) is 5.69 Å². The van der Waals surface area contributed by atoms with Gasteiger partial charge in [0.15, 0.2) is 5.75 Å². The molecule has 0 unspecified atom stereocenters. The highest BCUT2D eigenvalue weighted by Crippen LogP contribution is 2.36. The maximum atomic E-state index is 10.8. The van der Waals surface area contributed by atoms with Gasteiger partial charge in [-0.3, -0.25) is 10.1 Å². The van der Waals surface area contributed by atoms with Gasteiger partial charge >= 0.3 is 0 Å². The van der Waals surface area contributed by atoms with Crippen LogP contribution in [0, 0.1) is 10.1 Å². The number of nitro benzene ring substituents is 1. The van der Waals surface area contributed by atoms with Crippen LogP contribution in [0.2, 0.25) is 15.1 Å². The predicted molar refractivity (Wildman–Crippen MR) is 83.3 cm³/mol. The van der Waals surface area contributed by atoms with Crippen molar-refractivity contribution in [3.05, 3.63) is 61.1 Å². The average Bonchev–Trinajstić information content (AvgIpc) is 2.39. The lowest BCUT2D eigenvalue weighted by atomic mass is 10.1. The van der Waals surface area contributed by atoms with Crippen LogP contribution in [0.5, 0.6) is 5.75 Å². The Morgan fingerprint density at radius 3 is 2.33 bits per heavy atom. The summed E-state index contributed by atoms with van der Waals surface area (Å²) in [5.41, 5.74) is 6.53. The molecular weight excluding hydrogens is 339 g/mol. The fourth-order valence-corrected chi connectivity index (χ4v) is 2.57. The van der Waals surface area contributed by atoms with Gasteiger partial charge in [-0.1, -0.05) is 34.8 Å². The molecule has 0 radical (unpaired) electrons. The van der Waals surface area contributed by atoms with Crippen molar-refractivity contribution in [2.24, 2.45) is 0 Å². The lowest BCUT2D eigenvalue weighted by Gasteiger charge is -2.11. The van der Waals surface area contributed by atoms with Crippen LogP contribution in [0.25, 0.3) is 0 Å². The molecule has 0 aliphatic rings. The number of ether oxygens (including phenoxy) is 1. The highest BCUT2D eigenvalue weighted by Gasteiger charge is 2.13. The molecule has 2 aromatic carbocycles. The van der Waals surface area contributed by atoms with Crippen molar-refractivity contribution in [3.63, 3.8) is 0 Å². The lowest BCUT2D eigenvalue weighted by molar-refractivity contribution is -0.384. The molecule has 5 nitrogen and oxygen atoms in total. The number of nitrogen functional groups attached to an aromatic ring is 1. The van der Waals surface area contributed by atoms with Crippen molar-refractivity contribution in [1.82, 2.24) is 0 Å². The van der Waals surface area contributed by atoms with Gasteiger partial charge in [-0.05, 0) is 18.2 Å². The van der Waals surface area contributed by atoms with E-state index in [4.69, 9.17) is 45.3 Å². The quantitative estimate of drug-likeness (QED) is 0.493. The van der Waals surface area contributed by atoms with E-state index in [-0.39, 0.29) is 28.1 Å². The molecule has 0 atom stereocenters. The zero-order chi connectivity index (χ0) is 15.6. The normalized spacial score (nSPS) is 10.4. The van der Waals surface area contributed by atoms with Crippen LogP contribution >= 0.6 is 34.8 Å². The molecule has 0 aliphatic carbocycles. The van der Waals surface area contributed by atoms with E-state index in [1.807, 2.05) is 0 Å². The summed E-state index contributed by atoms with van der Waals surface area (Å²) in [5.74, 6) is 0.244. The van der Waals surface area contributed by atoms with Gasteiger partial charge < -0.3 is 10.5 Å². The molecule has 0 saturated carbocycles. The van der Waals surface area contributed by atoms with Crippen molar-refractivity contribution in [2.75, 3.05) is 5.73 Å². The number of benzene rings is 2. The minimum Gasteiger partial charge on any atom is -0.486 e. The summed E-state index contributed by atoms with van der Waals surface area (Å²) in [6, 6.07) is 7.08. The molecule has 0 aliphatic heterocycles. The Balaban J connectivity index is 2.24. The topological polar surface area (TPSA) is 78.4 Å². The molecule has 2 N–H and O–H groups in total. The number of nitro groups is 1. The third-order valence-corrected chi connectivity index (χ3v) is 3.45. The number of rotatable bonds is 4. The number of nitrogens with two attached hydrogens (primary N) is 1. The summed E-state index contributed by atoms with van der Waals surface area (Å²) in [4.78, 5) is 10.2. The molecule has 0 aromatic heterocycles. The Morgan fingerprint density at radius 2 is 1.76 bits per heavy atom. The average molecular weight is 348 g/mol. The van der Waals surface area contributed by atoms with Crippen molar-refractivity contribution >= 4 is 46.2 Å². The van der Waals surface area contributed by atoms with E-state index in [0.29, 0.717) is 16.3 Å². The Labute approximate surface area is 135 Å². The molecule has 21 heavy (non-hydrogen) atoms. The molecule has 0 fully saturated rings. The molecular formula is C13H9Cl3N2O3. The number of anilines is 1. The summed E-state index contributed by atoms with van der Waals surface area (Å²) >= 11 is 17.8.